The van der Waals surface area contributed by atoms with E-state index in [4.69, 9.17) is 15.9 Å². The van der Waals surface area contributed by atoms with Crippen LogP contribution in [0.1, 0.15) is 16.8 Å². The van der Waals surface area contributed by atoms with Gasteiger partial charge in [-0.1, -0.05) is 29.8 Å². The minimum Gasteiger partial charge on any atom is -0.280 e. The third-order valence-corrected chi connectivity index (χ3v) is 5.20. The van der Waals surface area contributed by atoms with Crippen LogP contribution in [-0.4, -0.2) is 13.1 Å². The van der Waals surface area contributed by atoms with Crippen molar-refractivity contribution in [1.29, 1.82) is 0 Å². The van der Waals surface area contributed by atoms with E-state index in [-0.39, 0.29) is 10.6 Å². The van der Waals surface area contributed by atoms with Crippen LogP contribution in [-0.2, 0) is 10.1 Å². The number of pyridine rings is 1. The maximum atomic E-state index is 13.1. The maximum absolute atomic E-state index is 13.1. The molecule has 0 saturated heterocycles. The molecule has 3 aromatic rings. The molecule has 0 radical (unpaired) electrons. The van der Waals surface area contributed by atoms with Crippen molar-refractivity contribution in [1.82, 2.24) is 4.73 Å². The molecular formula is C20H15ClFNO4S. The second kappa shape index (κ2) is 8.00. The number of aromatic nitrogens is 1. The van der Waals surface area contributed by atoms with Gasteiger partial charge in [-0.3, -0.25) is 9.08 Å². The van der Waals surface area contributed by atoms with Crippen LogP contribution in [0.5, 0.6) is 0 Å². The van der Waals surface area contributed by atoms with Crippen molar-refractivity contribution >= 4 is 33.9 Å². The van der Waals surface area contributed by atoms with Gasteiger partial charge in [0.2, 0.25) is 0 Å². The van der Waals surface area contributed by atoms with Crippen LogP contribution in [0.15, 0.2) is 70.4 Å². The lowest BCUT2D eigenvalue weighted by molar-refractivity contribution is 0.264. The number of halogens is 2. The van der Waals surface area contributed by atoms with Gasteiger partial charge in [0.15, 0.2) is 0 Å². The maximum Gasteiger partial charge on any atom is 0.357 e. The highest BCUT2D eigenvalue weighted by atomic mass is 35.5. The second-order valence-electron chi connectivity index (χ2n) is 5.96. The van der Waals surface area contributed by atoms with E-state index in [1.165, 1.54) is 6.07 Å². The Morgan fingerprint density at radius 1 is 1.00 bits per heavy atom. The number of hydrogen-bond acceptors (Lipinski definition) is 4. The van der Waals surface area contributed by atoms with E-state index in [9.17, 15) is 17.6 Å². The fourth-order valence-corrected chi connectivity index (χ4v) is 3.44. The van der Waals surface area contributed by atoms with Crippen LogP contribution in [0.4, 0.5) is 4.39 Å². The normalized spacial score (nSPS) is 11.7. The largest absolute Gasteiger partial charge is 0.357 e. The Kier molecular flexibility index (Phi) is 5.67. The summed E-state index contributed by atoms with van der Waals surface area (Å²) in [4.78, 5) is 12.1. The predicted molar refractivity (Wildman–Crippen MR) is 106 cm³/mol. The Hall–Kier alpha value is -2.90. The predicted octanol–water partition coefficient (Wildman–Crippen LogP) is 3.94. The standard InChI is InChI=1S/C20H15ClFNO4S/c1-14-12-18(9-4-15-2-5-16(21)6-3-15)23(20(24)13-14)27-28(25,26)19-10-7-17(22)8-11-19/h2-13H,1H3. The first kappa shape index (κ1) is 19.9. The van der Waals surface area contributed by atoms with Crippen molar-refractivity contribution in [2.24, 2.45) is 0 Å². The van der Waals surface area contributed by atoms with Crippen molar-refractivity contribution in [3.63, 3.8) is 0 Å². The highest BCUT2D eigenvalue weighted by Gasteiger charge is 2.19. The van der Waals surface area contributed by atoms with E-state index in [0.29, 0.717) is 15.3 Å². The van der Waals surface area contributed by atoms with Gasteiger partial charge in [-0.2, -0.15) is 8.42 Å². The van der Waals surface area contributed by atoms with Gasteiger partial charge >= 0.3 is 10.1 Å². The minimum atomic E-state index is -4.33. The minimum absolute atomic E-state index is 0.227. The van der Waals surface area contributed by atoms with Crippen LogP contribution in [0.25, 0.3) is 12.2 Å². The van der Waals surface area contributed by atoms with Crippen LogP contribution in [0, 0.1) is 12.7 Å². The average Bonchev–Trinajstić information content (AvgIpc) is 2.64. The lowest BCUT2D eigenvalue weighted by atomic mass is 10.2. The third kappa shape index (κ3) is 4.68. The lowest BCUT2D eigenvalue weighted by Crippen LogP contribution is -2.32. The molecule has 3 rings (SSSR count). The highest BCUT2D eigenvalue weighted by molar-refractivity contribution is 7.87. The fourth-order valence-electron chi connectivity index (χ4n) is 2.41. The van der Waals surface area contributed by atoms with Crippen LogP contribution in [0.2, 0.25) is 5.02 Å². The summed E-state index contributed by atoms with van der Waals surface area (Å²) < 4.78 is 43.7. The Bertz CT molecular complexity index is 1180. The van der Waals surface area contributed by atoms with E-state index >= 15 is 0 Å². The molecule has 0 spiro atoms. The smallest absolute Gasteiger partial charge is 0.280 e. The number of aryl methyl sites for hydroxylation is 1. The van der Waals surface area contributed by atoms with Crippen LogP contribution < -0.4 is 9.84 Å². The molecule has 2 aromatic carbocycles. The van der Waals surface area contributed by atoms with Gasteiger partial charge in [-0.25, -0.2) is 4.39 Å². The lowest BCUT2D eigenvalue weighted by Gasteiger charge is -2.12. The summed E-state index contributed by atoms with van der Waals surface area (Å²) in [5.41, 5.74) is 1.01. The van der Waals surface area contributed by atoms with Gasteiger partial charge in [0.05, 0.1) is 5.69 Å². The van der Waals surface area contributed by atoms with E-state index < -0.39 is 21.5 Å². The molecule has 0 atom stereocenters. The Morgan fingerprint density at radius 3 is 2.29 bits per heavy atom. The molecule has 144 valence electrons. The van der Waals surface area contributed by atoms with E-state index in [0.717, 1.165) is 29.8 Å². The molecule has 5 nitrogen and oxygen atoms in total. The summed E-state index contributed by atoms with van der Waals surface area (Å²) in [6.07, 6.45) is 3.24. The van der Waals surface area contributed by atoms with Gasteiger partial charge in [0, 0.05) is 11.1 Å². The summed E-state index contributed by atoms with van der Waals surface area (Å²) >= 11 is 5.86. The Balaban J connectivity index is 2.00. The van der Waals surface area contributed by atoms with Crippen molar-refractivity contribution in [2.75, 3.05) is 0 Å². The van der Waals surface area contributed by atoms with Crippen LogP contribution >= 0.6 is 11.6 Å². The zero-order chi connectivity index (χ0) is 20.3. The highest BCUT2D eigenvalue weighted by Crippen LogP contribution is 2.15. The van der Waals surface area contributed by atoms with Gasteiger partial charge in [-0.15, -0.1) is 4.73 Å². The number of benzene rings is 2. The van der Waals surface area contributed by atoms with E-state index in [1.54, 1.807) is 49.4 Å². The third-order valence-electron chi connectivity index (χ3n) is 3.75. The molecule has 0 unspecified atom stereocenters. The SMILES string of the molecule is Cc1cc(C=Cc2ccc(Cl)cc2)n(OS(=O)(=O)c2ccc(F)cc2)c(=O)c1. The molecular weight excluding hydrogens is 405 g/mol. The molecule has 0 amide bonds. The second-order valence-corrected chi connectivity index (χ2v) is 7.92. The fraction of sp³-hybridized carbons (Fsp3) is 0.0500. The summed E-state index contributed by atoms with van der Waals surface area (Å²) in [6.45, 7) is 1.71. The molecule has 1 heterocycles. The molecule has 0 aliphatic carbocycles. The number of rotatable bonds is 5. The molecule has 0 aliphatic rings. The quantitative estimate of drug-likeness (QED) is 0.628. The summed E-state index contributed by atoms with van der Waals surface area (Å²) in [5.74, 6) is -0.585. The van der Waals surface area contributed by atoms with Gasteiger partial charge < -0.3 is 0 Å². The molecule has 1 aromatic heterocycles. The van der Waals surface area contributed by atoms with Crippen molar-refractivity contribution in [3.8, 4) is 0 Å². The molecule has 0 saturated carbocycles. The molecule has 0 fully saturated rings. The van der Waals surface area contributed by atoms with Gasteiger partial charge in [0.25, 0.3) is 5.56 Å². The number of hydrogen-bond donors (Lipinski definition) is 0. The first-order valence-electron chi connectivity index (χ1n) is 8.12. The molecule has 0 bridgehead atoms. The Morgan fingerprint density at radius 2 is 1.64 bits per heavy atom. The molecule has 28 heavy (non-hydrogen) atoms. The van der Waals surface area contributed by atoms with E-state index in [1.807, 2.05) is 0 Å². The number of nitrogens with zero attached hydrogens (tertiary/aromatic N) is 1. The molecule has 0 N–H and O–H groups in total. The van der Waals surface area contributed by atoms with Crippen molar-refractivity contribution in [3.05, 3.63) is 98.7 Å². The Labute approximate surface area is 166 Å². The molecule has 0 aliphatic heterocycles. The molecule has 8 heteroatoms. The zero-order valence-corrected chi connectivity index (χ0v) is 16.2. The average molecular weight is 420 g/mol. The monoisotopic (exact) mass is 419 g/mol. The summed E-state index contributed by atoms with van der Waals surface area (Å²) in [5, 5.41) is 0.582. The van der Waals surface area contributed by atoms with Gasteiger partial charge in [-0.05, 0) is 66.6 Å². The van der Waals surface area contributed by atoms with Gasteiger partial charge in [0.1, 0.15) is 10.7 Å². The summed E-state index contributed by atoms with van der Waals surface area (Å²) in [6, 6.07) is 13.9. The zero-order valence-electron chi connectivity index (χ0n) is 14.7. The first-order valence-corrected chi connectivity index (χ1v) is 9.91. The summed E-state index contributed by atoms with van der Waals surface area (Å²) in [7, 11) is -4.33. The first-order chi connectivity index (χ1) is 13.2. The van der Waals surface area contributed by atoms with Crippen molar-refractivity contribution in [2.45, 2.75) is 11.8 Å². The van der Waals surface area contributed by atoms with E-state index in [2.05, 4.69) is 0 Å². The topological polar surface area (TPSA) is 65.4 Å². The van der Waals surface area contributed by atoms with Crippen LogP contribution in [0.3, 0.4) is 0 Å². The van der Waals surface area contributed by atoms with Crippen molar-refractivity contribution < 1.29 is 17.1 Å².